The van der Waals surface area contributed by atoms with Crippen LogP contribution >= 0.6 is 0 Å². The molecule has 1 aliphatic carbocycles. The molecule has 0 aromatic heterocycles. The topological polar surface area (TPSA) is 91.3 Å². The number of Topliss-reactive ketones (excluding diaryl/α,β-unsaturated/α-hetero) is 1. The Labute approximate surface area is 102 Å². The van der Waals surface area contributed by atoms with E-state index < -0.39 is 0 Å². The zero-order chi connectivity index (χ0) is 13.0. The van der Waals surface area contributed by atoms with Crippen molar-refractivity contribution in [3.8, 4) is 0 Å². The highest BCUT2D eigenvalue weighted by molar-refractivity contribution is 5.81. The molecule has 1 aliphatic rings. The maximum Gasteiger partial charge on any atom is 0.146 e. The van der Waals surface area contributed by atoms with Gasteiger partial charge in [0.2, 0.25) is 0 Å². The van der Waals surface area contributed by atoms with E-state index in [1.807, 2.05) is 13.0 Å². The number of carbonyl (C=O) groups excluding carboxylic acids is 1. The Morgan fingerprint density at radius 3 is 2.76 bits per heavy atom. The maximum absolute atomic E-state index is 11.3. The molecule has 1 saturated carbocycles. The Balaban J connectivity index is 2.49. The molecule has 5 heteroatoms. The van der Waals surface area contributed by atoms with Gasteiger partial charge in [0.15, 0.2) is 0 Å². The number of nitrogens with one attached hydrogen (secondary N) is 2. The fraction of sp³-hybridized carbons (Fsp3) is 0.750. The predicted octanol–water partition coefficient (Wildman–Crippen LogP) is 1.45. The number of rotatable bonds is 7. The lowest BCUT2D eigenvalue weighted by Crippen LogP contribution is -2.39. The number of likely N-dealkylation sites (N-methyl/N-ethyl adjacent to an activating group) is 1. The number of nitrogens with two attached hydrogens (primary N) is 1. The largest absolute Gasteiger partial charge is 0.327 e. The molecule has 1 fully saturated rings. The molecule has 5 nitrogen and oxygen atoms in total. The van der Waals surface area contributed by atoms with Crippen LogP contribution in [0.2, 0.25) is 0 Å². The van der Waals surface area contributed by atoms with Gasteiger partial charge in [0, 0.05) is 12.0 Å². The Hall–Kier alpha value is -1.07. The van der Waals surface area contributed by atoms with Crippen molar-refractivity contribution in [3.63, 3.8) is 0 Å². The van der Waals surface area contributed by atoms with Crippen molar-refractivity contribution in [2.75, 3.05) is 7.05 Å². The molecular formula is C12H22N4O. The van der Waals surface area contributed by atoms with E-state index in [-0.39, 0.29) is 17.9 Å². The average molecular weight is 238 g/mol. The van der Waals surface area contributed by atoms with Crippen LogP contribution in [0, 0.1) is 17.4 Å². The predicted molar refractivity (Wildman–Crippen MR) is 66.6 cm³/mol. The third kappa shape index (κ3) is 3.44. The summed E-state index contributed by atoms with van der Waals surface area (Å²) < 4.78 is 0. The van der Waals surface area contributed by atoms with Crippen molar-refractivity contribution in [2.45, 2.75) is 38.8 Å². The minimum absolute atomic E-state index is 0.00181. The van der Waals surface area contributed by atoms with Gasteiger partial charge in [-0.3, -0.25) is 4.79 Å². The second-order valence-corrected chi connectivity index (χ2v) is 4.68. The van der Waals surface area contributed by atoms with E-state index in [2.05, 4.69) is 10.4 Å². The zero-order valence-electron chi connectivity index (χ0n) is 10.7. The molecule has 1 rings (SSSR count). The molecule has 0 aliphatic heterocycles. The van der Waals surface area contributed by atoms with Gasteiger partial charge in [0.05, 0.1) is 11.7 Å². The van der Waals surface area contributed by atoms with Gasteiger partial charge in [-0.25, -0.2) is 5.53 Å². The van der Waals surface area contributed by atoms with E-state index in [1.165, 1.54) is 0 Å². The number of nitrogens with zero attached hydrogens (tertiary/aromatic N) is 1. The molecule has 3 unspecified atom stereocenters. The van der Waals surface area contributed by atoms with Gasteiger partial charge in [-0.1, -0.05) is 6.08 Å². The van der Waals surface area contributed by atoms with E-state index in [0.717, 1.165) is 12.1 Å². The van der Waals surface area contributed by atoms with Gasteiger partial charge in [-0.15, -0.1) is 0 Å². The molecule has 0 radical (unpaired) electrons. The van der Waals surface area contributed by atoms with Crippen molar-refractivity contribution in [1.29, 1.82) is 5.53 Å². The molecular weight excluding hydrogens is 216 g/mol. The molecule has 4 N–H and O–H groups in total. The monoisotopic (exact) mass is 238 g/mol. The summed E-state index contributed by atoms with van der Waals surface area (Å²) >= 11 is 0. The lowest BCUT2D eigenvalue weighted by atomic mass is 9.99. The number of ketones is 1. The molecule has 96 valence electrons. The molecule has 0 spiro atoms. The van der Waals surface area contributed by atoms with Crippen LogP contribution in [0.5, 0.6) is 0 Å². The third-order valence-corrected chi connectivity index (χ3v) is 3.54. The molecule has 0 heterocycles. The first-order valence-corrected chi connectivity index (χ1v) is 6.02. The molecule has 0 aromatic rings. The standard InChI is InChI=1S/C12H22N4O/c1-4-11(16-14)9-5-8(9)10(13)6-12(15-3)7(2)17/h4,8-10,12,14-15H,5-6,13H2,1-3H3/b11-4-,16-14?/t8-,9?,10?,12?/m1/s1. The van der Waals surface area contributed by atoms with Crippen LogP contribution in [-0.4, -0.2) is 24.9 Å². The first-order chi connectivity index (χ1) is 8.04. The van der Waals surface area contributed by atoms with Crippen LogP contribution in [-0.2, 0) is 4.79 Å². The van der Waals surface area contributed by atoms with E-state index in [9.17, 15) is 4.79 Å². The molecule has 0 bridgehead atoms. The van der Waals surface area contributed by atoms with Gasteiger partial charge in [0.25, 0.3) is 0 Å². The van der Waals surface area contributed by atoms with Crippen molar-refractivity contribution in [1.82, 2.24) is 5.32 Å². The average Bonchev–Trinajstić information content (AvgIpc) is 3.07. The van der Waals surface area contributed by atoms with Crippen LogP contribution in [0.3, 0.4) is 0 Å². The Bertz CT molecular complexity index is 326. The summed E-state index contributed by atoms with van der Waals surface area (Å²) in [6.45, 7) is 3.47. The first kappa shape index (κ1) is 14.0. The number of hydrogen-bond donors (Lipinski definition) is 3. The number of hydrogen-bond acceptors (Lipinski definition) is 5. The summed E-state index contributed by atoms with van der Waals surface area (Å²) in [4.78, 5) is 11.3. The smallest absolute Gasteiger partial charge is 0.146 e. The van der Waals surface area contributed by atoms with E-state index in [1.54, 1.807) is 14.0 Å². The minimum Gasteiger partial charge on any atom is -0.327 e. The second kappa shape index (κ2) is 6.02. The van der Waals surface area contributed by atoms with E-state index in [4.69, 9.17) is 11.3 Å². The second-order valence-electron chi connectivity index (χ2n) is 4.68. The molecule has 0 saturated heterocycles. The minimum atomic E-state index is -0.159. The Morgan fingerprint density at radius 1 is 1.71 bits per heavy atom. The highest BCUT2D eigenvalue weighted by Crippen LogP contribution is 2.47. The number of allylic oxidation sites excluding steroid dienone is 2. The van der Waals surface area contributed by atoms with E-state index >= 15 is 0 Å². The van der Waals surface area contributed by atoms with Gasteiger partial charge in [-0.05, 0) is 39.7 Å². The maximum atomic E-state index is 11.3. The number of carbonyl (C=O) groups is 1. The van der Waals surface area contributed by atoms with Gasteiger partial charge < -0.3 is 11.1 Å². The molecule has 0 aromatic carbocycles. The quantitative estimate of drug-likeness (QED) is 0.586. The summed E-state index contributed by atoms with van der Waals surface area (Å²) in [6.07, 6.45) is 3.50. The summed E-state index contributed by atoms with van der Waals surface area (Å²) in [7, 11) is 1.78. The van der Waals surface area contributed by atoms with Gasteiger partial charge in [-0.2, -0.15) is 5.11 Å². The van der Waals surface area contributed by atoms with Crippen molar-refractivity contribution >= 4 is 5.78 Å². The zero-order valence-corrected chi connectivity index (χ0v) is 10.7. The Morgan fingerprint density at radius 2 is 2.35 bits per heavy atom. The fourth-order valence-corrected chi connectivity index (χ4v) is 2.32. The van der Waals surface area contributed by atoms with Crippen LogP contribution in [0.15, 0.2) is 16.9 Å². The van der Waals surface area contributed by atoms with E-state index in [0.29, 0.717) is 18.3 Å². The summed E-state index contributed by atoms with van der Waals surface area (Å²) in [6, 6.07) is -0.161. The molecule has 0 amide bonds. The van der Waals surface area contributed by atoms with Crippen molar-refractivity contribution in [2.24, 2.45) is 22.7 Å². The first-order valence-electron chi connectivity index (χ1n) is 6.02. The van der Waals surface area contributed by atoms with Gasteiger partial charge >= 0.3 is 0 Å². The highest BCUT2D eigenvalue weighted by Gasteiger charge is 2.44. The Kier molecular flexibility index (Phi) is 4.96. The van der Waals surface area contributed by atoms with Crippen LogP contribution < -0.4 is 11.1 Å². The van der Waals surface area contributed by atoms with Crippen LogP contribution in [0.1, 0.15) is 26.7 Å². The third-order valence-electron chi connectivity index (χ3n) is 3.54. The van der Waals surface area contributed by atoms with Crippen LogP contribution in [0.25, 0.3) is 0 Å². The molecule has 4 atom stereocenters. The van der Waals surface area contributed by atoms with Gasteiger partial charge in [0.1, 0.15) is 5.78 Å². The lowest BCUT2D eigenvalue weighted by molar-refractivity contribution is -0.119. The van der Waals surface area contributed by atoms with Crippen molar-refractivity contribution < 1.29 is 4.79 Å². The normalized spacial score (nSPS) is 27.4. The highest BCUT2D eigenvalue weighted by atomic mass is 16.1. The molecule has 17 heavy (non-hydrogen) atoms. The summed E-state index contributed by atoms with van der Waals surface area (Å²) in [5, 5.41) is 6.49. The summed E-state index contributed by atoms with van der Waals surface area (Å²) in [5.74, 6) is 0.805. The fourth-order valence-electron chi connectivity index (χ4n) is 2.32. The van der Waals surface area contributed by atoms with Crippen LogP contribution in [0.4, 0.5) is 0 Å². The lowest BCUT2D eigenvalue weighted by Gasteiger charge is -2.18. The SMILES string of the molecule is C/C=C(\N=N)C1C[C@H]1C(N)CC(NC)C(C)=O. The summed E-state index contributed by atoms with van der Waals surface area (Å²) in [5.41, 5.74) is 14.0. The van der Waals surface area contributed by atoms with Crippen molar-refractivity contribution in [3.05, 3.63) is 11.8 Å².